The Balaban J connectivity index is 2.37. The lowest BCUT2D eigenvalue weighted by Crippen LogP contribution is -2.14. The van der Waals surface area contributed by atoms with Crippen LogP contribution in [-0.4, -0.2) is 15.4 Å². The normalized spacial score (nSPS) is 10.2. The maximum Gasteiger partial charge on any atom is 0.270 e. The molecule has 0 aliphatic carbocycles. The van der Waals surface area contributed by atoms with Crippen molar-refractivity contribution in [2.75, 3.05) is 0 Å². The van der Waals surface area contributed by atoms with E-state index < -0.39 is 0 Å². The van der Waals surface area contributed by atoms with E-state index in [1.165, 1.54) is 19.3 Å². The molecule has 1 N–H and O–H groups in total. The van der Waals surface area contributed by atoms with Crippen molar-refractivity contribution in [1.29, 1.82) is 0 Å². The van der Waals surface area contributed by atoms with Crippen LogP contribution in [0.3, 0.4) is 0 Å². The van der Waals surface area contributed by atoms with Gasteiger partial charge < -0.3 is 0 Å². The summed E-state index contributed by atoms with van der Waals surface area (Å²) in [4.78, 5) is 11.1. The van der Waals surface area contributed by atoms with Gasteiger partial charge in [-0.05, 0) is 12.8 Å². The molecular weight excluding hydrogens is 166 g/mol. The molecule has 1 aromatic heterocycles. The van der Waals surface area contributed by atoms with Gasteiger partial charge in [0.05, 0.1) is 6.20 Å². The number of hydrogen-bond donors (Lipinski definition) is 1. The number of nitrogens with one attached hydrogen (secondary N) is 1. The Bertz CT molecular complexity index is 295. The predicted molar refractivity (Wildman–Crippen MR) is 50.5 cm³/mol. The Morgan fingerprint density at radius 2 is 2.23 bits per heavy atom. The molecule has 0 bridgehead atoms. The molecule has 4 nitrogen and oxygen atoms in total. The molecule has 0 saturated heterocycles. The van der Waals surface area contributed by atoms with E-state index in [0.29, 0.717) is 0 Å². The molecule has 0 amide bonds. The fourth-order valence-electron chi connectivity index (χ4n) is 1.22. The lowest BCUT2D eigenvalue weighted by molar-refractivity contribution is 0.658. The van der Waals surface area contributed by atoms with Crippen molar-refractivity contribution in [3.63, 3.8) is 0 Å². The Kier molecular flexibility index (Phi) is 4.15. The number of H-pyrrole nitrogens is 1. The summed E-state index contributed by atoms with van der Waals surface area (Å²) in [6.07, 6.45) is 7.04. The van der Waals surface area contributed by atoms with Gasteiger partial charge in [-0.25, -0.2) is 5.10 Å². The third-order valence-electron chi connectivity index (χ3n) is 2.01. The molecule has 13 heavy (non-hydrogen) atoms. The van der Waals surface area contributed by atoms with Crippen molar-refractivity contribution in [3.8, 4) is 0 Å². The van der Waals surface area contributed by atoms with Gasteiger partial charge in [-0.1, -0.05) is 31.4 Å². The second-order valence-corrected chi connectivity index (χ2v) is 3.12. The summed E-state index contributed by atoms with van der Waals surface area (Å²) >= 11 is 0. The monoisotopic (exact) mass is 181 g/mol. The summed E-state index contributed by atoms with van der Waals surface area (Å²) in [6.45, 7) is 2.17. The quantitative estimate of drug-likeness (QED) is 0.696. The van der Waals surface area contributed by atoms with E-state index in [1.807, 2.05) is 0 Å². The molecule has 0 radical (unpaired) electrons. The summed E-state index contributed by atoms with van der Waals surface area (Å²) in [6, 6.07) is 0. The van der Waals surface area contributed by atoms with E-state index >= 15 is 0 Å². The number of aromatic nitrogens is 3. The number of aryl methyl sites for hydroxylation is 1. The van der Waals surface area contributed by atoms with Crippen LogP contribution in [0.5, 0.6) is 0 Å². The number of rotatable bonds is 5. The SMILES string of the molecule is CCCCCCc1cnn[nH]c1=O. The van der Waals surface area contributed by atoms with Crippen LogP contribution >= 0.6 is 0 Å². The van der Waals surface area contributed by atoms with Crippen LogP contribution in [0.4, 0.5) is 0 Å². The van der Waals surface area contributed by atoms with E-state index in [0.717, 1.165) is 18.4 Å². The second kappa shape index (κ2) is 5.45. The predicted octanol–water partition coefficient (Wildman–Crippen LogP) is 1.29. The van der Waals surface area contributed by atoms with Crippen molar-refractivity contribution >= 4 is 0 Å². The van der Waals surface area contributed by atoms with Gasteiger partial charge in [0.25, 0.3) is 5.56 Å². The molecule has 0 unspecified atom stereocenters. The van der Waals surface area contributed by atoms with Gasteiger partial charge in [0.1, 0.15) is 0 Å². The van der Waals surface area contributed by atoms with Crippen molar-refractivity contribution in [2.45, 2.75) is 39.0 Å². The Labute approximate surface area is 77.4 Å². The zero-order chi connectivity index (χ0) is 9.52. The fraction of sp³-hybridized carbons (Fsp3) is 0.667. The van der Waals surface area contributed by atoms with Crippen molar-refractivity contribution < 1.29 is 0 Å². The number of unbranched alkanes of at least 4 members (excludes halogenated alkanes) is 3. The van der Waals surface area contributed by atoms with E-state index in [1.54, 1.807) is 6.20 Å². The van der Waals surface area contributed by atoms with Crippen LogP contribution in [0, 0.1) is 0 Å². The van der Waals surface area contributed by atoms with Crippen molar-refractivity contribution in [1.82, 2.24) is 15.4 Å². The first-order valence-electron chi connectivity index (χ1n) is 4.74. The van der Waals surface area contributed by atoms with Crippen molar-refractivity contribution in [3.05, 3.63) is 22.1 Å². The first kappa shape index (κ1) is 9.89. The van der Waals surface area contributed by atoms with E-state index in [4.69, 9.17) is 0 Å². The summed E-state index contributed by atoms with van der Waals surface area (Å²) < 4.78 is 0. The average Bonchev–Trinajstić information content (AvgIpc) is 2.15. The first-order chi connectivity index (χ1) is 6.34. The van der Waals surface area contributed by atoms with Crippen LogP contribution in [0.2, 0.25) is 0 Å². The van der Waals surface area contributed by atoms with Crippen LogP contribution in [0.25, 0.3) is 0 Å². The van der Waals surface area contributed by atoms with Gasteiger partial charge in [-0.3, -0.25) is 4.79 Å². The van der Waals surface area contributed by atoms with Gasteiger partial charge >= 0.3 is 0 Å². The number of aromatic amines is 1. The minimum Gasteiger partial charge on any atom is -0.268 e. The van der Waals surface area contributed by atoms with Gasteiger partial charge in [0.15, 0.2) is 0 Å². The molecule has 0 saturated carbocycles. The second-order valence-electron chi connectivity index (χ2n) is 3.12. The Hall–Kier alpha value is -1.19. The highest BCUT2D eigenvalue weighted by Crippen LogP contribution is 2.02. The number of hydrogen-bond acceptors (Lipinski definition) is 3. The first-order valence-corrected chi connectivity index (χ1v) is 4.74. The lowest BCUT2D eigenvalue weighted by Gasteiger charge is -1.97. The molecule has 1 rings (SSSR count). The molecule has 1 heterocycles. The molecule has 0 aliphatic rings. The summed E-state index contributed by atoms with van der Waals surface area (Å²) in [5.41, 5.74) is 0.637. The fourth-order valence-corrected chi connectivity index (χ4v) is 1.22. The molecule has 0 aromatic carbocycles. The van der Waals surface area contributed by atoms with E-state index in [2.05, 4.69) is 22.3 Å². The molecule has 0 aliphatic heterocycles. The van der Waals surface area contributed by atoms with Gasteiger partial charge in [0.2, 0.25) is 0 Å². The molecule has 1 aromatic rings. The molecule has 0 fully saturated rings. The molecule has 72 valence electrons. The topological polar surface area (TPSA) is 58.6 Å². The highest BCUT2D eigenvalue weighted by molar-refractivity contribution is 5.01. The minimum absolute atomic E-state index is 0.105. The third-order valence-corrected chi connectivity index (χ3v) is 2.01. The summed E-state index contributed by atoms with van der Waals surface area (Å²) in [7, 11) is 0. The third kappa shape index (κ3) is 3.36. The van der Waals surface area contributed by atoms with Crippen LogP contribution in [0.1, 0.15) is 38.2 Å². The largest absolute Gasteiger partial charge is 0.270 e. The average molecular weight is 181 g/mol. The summed E-state index contributed by atoms with van der Waals surface area (Å²) in [5, 5.41) is 9.36. The van der Waals surface area contributed by atoms with Crippen LogP contribution in [-0.2, 0) is 6.42 Å². The van der Waals surface area contributed by atoms with Crippen LogP contribution in [0.15, 0.2) is 11.0 Å². The van der Waals surface area contributed by atoms with Gasteiger partial charge in [0, 0.05) is 5.56 Å². The molecular formula is C9H15N3O. The number of nitrogens with zero attached hydrogens (tertiary/aromatic N) is 2. The Morgan fingerprint density at radius 3 is 2.92 bits per heavy atom. The molecule has 0 atom stereocenters. The maximum absolute atomic E-state index is 11.1. The molecule has 0 spiro atoms. The van der Waals surface area contributed by atoms with Gasteiger partial charge in [-0.2, -0.15) is 0 Å². The zero-order valence-electron chi connectivity index (χ0n) is 7.92. The minimum atomic E-state index is -0.105. The maximum atomic E-state index is 11.1. The van der Waals surface area contributed by atoms with Crippen molar-refractivity contribution in [2.24, 2.45) is 0 Å². The smallest absolute Gasteiger partial charge is 0.268 e. The lowest BCUT2D eigenvalue weighted by atomic mass is 10.1. The highest BCUT2D eigenvalue weighted by Gasteiger charge is 1.98. The van der Waals surface area contributed by atoms with Crippen LogP contribution < -0.4 is 5.56 Å². The molecule has 4 heteroatoms. The van der Waals surface area contributed by atoms with E-state index in [9.17, 15) is 4.79 Å². The zero-order valence-corrected chi connectivity index (χ0v) is 7.92. The summed E-state index contributed by atoms with van der Waals surface area (Å²) in [5.74, 6) is 0. The Morgan fingerprint density at radius 1 is 1.38 bits per heavy atom. The highest BCUT2D eigenvalue weighted by atomic mass is 16.1. The van der Waals surface area contributed by atoms with Gasteiger partial charge in [-0.15, -0.1) is 5.10 Å². The standard InChI is InChI=1S/C9H15N3O/c1-2-3-4-5-6-8-7-10-12-11-9(8)13/h7H,2-6H2,1H3,(H,10,11,13). The van der Waals surface area contributed by atoms with E-state index in [-0.39, 0.29) is 5.56 Å².